The molecule has 0 heterocycles. The van der Waals surface area contributed by atoms with Gasteiger partial charge in [0, 0.05) is 0 Å². The Morgan fingerprint density at radius 3 is 1.20 bits per heavy atom. The predicted molar refractivity (Wildman–Crippen MR) is 76.4 cm³/mol. The Kier molecular flexibility index (Phi) is 7.61. The highest BCUT2D eigenvalue weighted by molar-refractivity contribution is 7.27. The molecule has 0 aromatic heterocycles. The van der Waals surface area contributed by atoms with Crippen LogP contribution in [0, 0.1) is 0 Å². The molecule has 0 saturated heterocycles. The Bertz CT molecular complexity index is 263. The SMILES string of the molecule is ClC(Cl)(Cl)C(Cl)(Cl)Cl.Pc1ccccc1. The molecule has 1 rings (SSSR count). The lowest BCUT2D eigenvalue weighted by molar-refractivity contribution is 1.10. The van der Waals surface area contributed by atoms with Gasteiger partial charge >= 0.3 is 0 Å². The van der Waals surface area contributed by atoms with Crippen molar-refractivity contribution in [1.82, 2.24) is 0 Å². The summed E-state index contributed by atoms with van der Waals surface area (Å²) in [6, 6.07) is 10.1. The van der Waals surface area contributed by atoms with E-state index < -0.39 is 7.59 Å². The molecule has 86 valence electrons. The molecule has 0 nitrogen and oxygen atoms in total. The number of hydrogen-bond donors (Lipinski definition) is 0. The van der Waals surface area contributed by atoms with E-state index in [1.54, 1.807) is 0 Å². The molecule has 0 bridgehead atoms. The van der Waals surface area contributed by atoms with Crippen molar-refractivity contribution >= 4 is 84.1 Å². The minimum Gasteiger partial charge on any atom is -0.106 e. The Labute approximate surface area is 121 Å². The Morgan fingerprint density at radius 2 is 1.07 bits per heavy atom. The van der Waals surface area contributed by atoms with Crippen molar-refractivity contribution in [2.45, 2.75) is 7.59 Å². The van der Waals surface area contributed by atoms with Crippen LogP contribution >= 0.6 is 78.8 Å². The van der Waals surface area contributed by atoms with Crippen LogP contribution in [0.4, 0.5) is 0 Å². The van der Waals surface area contributed by atoms with Crippen molar-refractivity contribution in [3.05, 3.63) is 30.3 Å². The van der Waals surface area contributed by atoms with E-state index in [4.69, 9.17) is 69.6 Å². The normalized spacial score (nSPS) is 11.7. The number of benzene rings is 1. The van der Waals surface area contributed by atoms with Gasteiger partial charge in [0.15, 0.2) is 0 Å². The molecule has 0 radical (unpaired) electrons. The van der Waals surface area contributed by atoms with E-state index in [9.17, 15) is 0 Å². The van der Waals surface area contributed by atoms with Gasteiger partial charge in [0.05, 0.1) is 0 Å². The Balaban J connectivity index is 0.000000262. The molecule has 0 fully saturated rings. The van der Waals surface area contributed by atoms with Crippen molar-refractivity contribution < 1.29 is 0 Å². The molecule has 0 aliphatic rings. The smallest absolute Gasteiger partial charge is 0.106 e. The van der Waals surface area contributed by atoms with Crippen LogP contribution in [0.25, 0.3) is 0 Å². The summed E-state index contributed by atoms with van der Waals surface area (Å²) in [5.41, 5.74) is 0. The lowest BCUT2D eigenvalue weighted by Gasteiger charge is -2.19. The predicted octanol–water partition coefficient (Wildman–Crippen LogP) is 4.91. The summed E-state index contributed by atoms with van der Waals surface area (Å²) in [6.07, 6.45) is 0. The van der Waals surface area contributed by atoms with Gasteiger partial charge in [-0.1, -0.05) is 99.9 Å². The largest absolute Gasteiger partial charge is 0.236 e. The first-order valence-electron chi connectivity index (χ1n) is 3.58. The first-order valence-corrected chi connectivity index (χ1v) is 6.43. The maximum atomic E-state index is 5.14. The van der Waals surface area contributed by atoms with Gasteiger partial charge in [-0.2, -0.15) is 0 Å². The van der Waals surface area contributed by atoms with Gasteiger partial charge in [-0.15, -0.1) is 9.24 Å². The fourth-order valence-electron chi connectivity index (χ4n) is 0.453. The molecule has 0 aliphatic carbocycles. The van der Waals surface area contributed by atoms with Crippen LogP contribution in [-0.4, -0.2) is 7.59 Å². The van der Waals surface area contributed by atoms with E-state index in [0.29, 0.717) is 0 Å². The van der Waals surface area contributed by atoms with Gasteiger partial charge in [-0.25, -0.2) is 0 Å². The maximum Gasteiger partial charge on any atom is 0.236 e. The molecule has 0 aliphatic heterocycles. The van der Waals surface area contributed by atoms with Crippen molar-refractivity contribution in [3.63, 3.8) is 0 Å². The van der Waals surface area contributed by atoms with Crippen LogP contribution in [-0.2, 0) is 0 Å². The molecule has 15 heavy (non-hydrogen) atoms. The summed E-state index contributed by atoms with van der Waals surface area (Å²) in [5, 5.41) is 1.24. The summed E-state index contributed by atoms with van der Waals surface area (Å²) in [5.74, 6) is 0. The van der Waals surface area contributed by atoms with E-state index in [0.717, 1.165) is 0 Å². The van der Waals surface area contributed by atoms with E-state index >= 15 is 0 Å². The summed E-state index contributed by atoms with van der Waals surface area (Å²) < 4.78 is -3.70. The third-order valence-electron chi connectivity index (χ3n) is 1.12. The van der Waals surface area contributed by atoms with Crippen molar-refractivity contribution in [3.8, 4) is 0 Å². The number of alkyl halides is 6. The summed E-state index contributed by atoms with van der Waals surface area (Å²) in [7, 11) is 2.63. The van der Waals surface area contributed by atoms with Crippen LogP contribution in [0.1, 0.15) is 0 Å². The zero-order valence-electron chi connectivity index (χ0n) is 7.23. The third-order valence-corrected chi connectivity index (χ3v) is 4.08. The maximum absolute atomic E-state index is 5.14. The average Bonchev–Trinajstić information content (AvgIpc) is 2.02. The highest BCUT2D eigenvalue weighted by Gasteiger charge is 2.43. The van der Waals surface area contributed by atoms with E-state index in [-0.39, 0.29) is 0 Å². The fraction of sp³-hybridized carbons (Fsp3) is 0.250. The van der Waals surface area contributed by atoms with Crippen LogP contribution in [0.2, 0.25) is 0 Å². The molecule has 1 unspecified atom stereocenters. The monoisotopic (exact) mass is 344 g/mol. The third kappa shape index (κ3) is 8.16. The second-order valence-electron chi connectivity index (χ2n) is 2.41. The zero-order valence-corrected chi connectivity index (χ0v) is 12.9. The highest BCUT2D eigenvalue weighted by Crippen LogP contribution is 2.48. The van der Waals surface area contributed by atoms with Gasteiger partial charge in [-0.3, -0.25) is 0 Å². The average molecular weight is 347 g/mol. The molecule has 1 aromatic carbocycles. The van der Waals surface area contributed by atoms with Crippen LogP contribution in [0.15, 0.2) is 30.3 Å². The van der Waals surface area contributed by atoms with Crippen LogP contribution in [0.5, 0.6) is 0 Å². The second-order valence-corrected chi connectivity index (χ2v) is 7.64. The Morgan fingerprint density at radius 1 is 0.733 bits per heavy atom. The van der Waals surface area contributed by atoms with Crippen LogP contribution in [0.3, 0.4) is 0 Å². The van der Waals surface area contributed by atoms with Gasteiger partial charge in [0.2, 0.25) is 7.59 Å². The van der Waals surface area contributed by atoms with Gasteiger partial charge in [-0.05, 0) is 5.30 Å². The lowest BCUT2D eigenvalue weighted by atomic mass is 10.4. The van der Waals surface area contributed by atoms with Crippen molar-refractivity contribution in [1.29, 1.82) is 0 Å². The van der Waals surface area contributed by atoms with Crippen LogP contribution < -0.4 is 5.30 Å². The van der Waals surface area contributed by atoms with E-state index in [1.165, 1.54) is 5.30 Å². The molecule has 0 saturated carbocycles. The first-order chi connectivity index (χ1) is 6.64. The van der Waals surface area contributed by atoms with Crippen molar-refractivity contribution in [2.24, 2.45) is 0 Å². The minimum atomic E-state index is -1.85. The lowest BCUT2D eigenvalue weighted by Crippen LogP contribution is -2.23. The Hall–Kier alpha value is 1.39. The number of rotatable bonds is 0. The van der Waals surface area contributed by atoms with E-state index in [1.807, 2.05) is 30.3 Å². The molecule has 1 aromatic rings. The van der Waals surface area contributed by atoms with E-state index in [2.05, 4.69) is 9.24 Å². The van der Waals surface area contributed by atoms with Gasteiger partial charge < -0.3 is 0 Å². The zero-order chi connectivity index (χ0) is 12.1. The molecule has 0 N–H and O–H groups in total. The summed E-state index contributed by atoms with van der Waals surface area (Å²) in [4.78, 5) is 0. The topological polar surface area (TPSA) is 0 Å². The number of halogens is 6. The van der Waals surface area contributed by atoms with Crippen molar-refractivity contribution in [2.75, 3.05) is 0 Å². The molecular formula is C8H7Cl6P. The molecule has 1 atom stereocenters. The van der Waals surface area contributed by atoms with Gasteiger partial charge in [0.25, 0.3) is 0 Å². The minimum absolute atomic E-state index is 1.24. The fourth-order valence-corrected chi connectivity index (χ4v) is 0.675. The molecule has 0 amide bonds. The summed E-state index contributed by atoms with van der Waals surface area (Å²) >= 11 is 30.9. The standard InChI is InChI=1S/C6H7P.C2Cl6/c7-6-4-2-1-3-5-6;3-1(4,5)2(6,7)8/h1-5H,7H2;. The molecule has 0 spiro atoms. The number of hydrogen-bond acceptors (Lipinski definition) is 0. The highest BCUT2D eigenvalue weighted by atomic mass is 35.6. The summed E-state index contributed by atoms with van der Waals surface area (Å²) in [6.45, 7) is 0. The second kappa shape index (κ2) is 6.97. The molecular weight excluding hydrogens is 340 g/mol. The quantitative estimate of drug-likeness (QED) is 0.462. The van der Waals surface area contributed by atoms with Gasteiger partial charge in [0.1, 0.15) is 0 Å². The molecule has 7 heteroatoms. The first kappa shape index (κ1) is 16.4.